The third kappa shape index (κ3) is 1.35. The predicted octanol–water partition coefficient (Wildman–Crippen LogP) is 1.35. The summed E-state index contributed by atoms with van der Waals surface area (Å²) >= 11 is 0. The van der Waals surface area contributed by atoms with E-state index in [4.69, 9.17) is 5.84 Å². The SMILES string of the molecule is CN1CCCc2cccc(NN)c21. The molecule has 3 nitrogen and oxygen atoms in total. The molecule has 0 spiro atoms. The fraction of sp³-hybridized carbons (Fsp3) is 0.400. The lowest BCUT2D eigenvalue weighted by atomic mass is 10.0. The van der Waals surface area contributed by atoms with Crippen LogP contribution in [0.25, 0.3) is 0 Å². The zero-order valence-corrected chi connectivity index (χ0v) is 7.88. The molecule has 3 heteroatoms. The van der Waals surface area contributed by atoms with Crippen LogP contribution in [0.2, 0.25) is 0 Å². The molecule has 3 N–H and O–H groups in total. The van der Waals surface area contributed by atoms with Crippen LogP contribution in [0, 0.1) is 0 Å². The first-order chi connectivity index (χ1) is 6.33. The number of para-hydroxylation sites is 1. The molecule has 0 bridgehead atoms. The van der Waals surface area contributed by atoms with E-state index in [9.17, 15) is 0 Å². The molecule has 0 amide bonds. The van der Waals surface area contributed by atoms with Crippen LogP contribution in [-0.2, 0) is 6.42 Å². The molecule has 0 atom stereocenters. The lowest BCUT2D eigenvalue weighted by molar-refractivity contribution is 0.745. The van der Waals surface area contributed by atoms with Gasteiger partial charge >= 0.3 is 0 Å². The van der Waals surface area contributed by atoms with E-state index >= 15 is 0 Å². The van der Waals surface area contributed by atoms with Crippen molar-refractivity contribution in [1.29, 1.82) is 0 Å². The molecule has 1 aromatic carbocycles. The number of aryl methyl sites for hydroxylation is 1. The van der Waals surface area contributed by atoms with Crippen molar-refractivity contribution in [2.24, 2.45) is 5.84 Å². The minimum atomic E-state index is 1.03. The Labute approximate surface area is 78.5 Å². The smallest absolute Gasteiger partial charge is 0.0722 e. The number of rotatable bonds is 1. The summed E-state index contributed by atoms with van der Waals surface area (Å²) in [6.07, 6.45) is 2.40. The minimum absolute atomic E-state index is 1.03. The molecule has 1 aromatic rings. The van der Waals surface area contributed by atoms with Crippen LogP contribution in [0.15, 0.2) is 18.2 Å². The van der Waals surface area contributed by atoms with Crippen LogP contribution < -0.4 is 16.2 Å². The van der Waals surface area contributed by atoms with Crippen LogP contribution in [-0.4, -0.2) is 13.6 Å². The summed E-state index contributed by atoms with van der Waals surface area (Å²) in [5, 5.41) is 0. The van der Waals surface area contributed by atoms with Gasteiger partial charge in [0.1, 0.15) is 0 Å². The first-order valence-electron chi connectivity index (χ1n) is 4.62. The Morgan fingerprint density at radius 2 is 2.31 bits per heavy atom. The van der Waals surface area contributed by atoms with Crippen LogP contribution in [0.4, 0.5) is 11.4 Å². The maximum atomic E-state index is 5.46. The number of fused-ring (bicyclic) bond motifs is 1. The average molecular weight is 177 g/mol. The Hall–Kier alpha value is -1.22. The fourth-order valence-electron chi connectivity index (χ4n) is 1.98. The average Bonchev–Trinajstić information content (AvgIpc) is 2.17. The maximum absolute atomic E-state index is 5.46. The van der Waals surface area contributed by atoms with Crippen molar-refractivity contribution in [2.75, 3.05) is 23.9 Å². The summed E-state index contributed by atoms with van der Waals surface area (Å²) in [7, 11) is 2.11. The van der Waals surface area contributed by atoms with E-state index in [1.807, 2.05) is 12.1 Å². The standard InChI is InChI=1S/C10H15N3/c1-13-7-3-5-8-4-2-6-9(12-11)10(8)13/h2,4,6,12H,3,5,7,11H2,1H3. The molecule has 70 valence electrons. The van der Waals surface area contributed by atoms with Gasteiger partial charge in [-0.25, -0.2) is 0 Å². The number of benzene rings is 1. The van der Waals surface area contributed by atoms with Gasteiger partial charge in [-0.05, 0) is 24.5 Å². The van der Waals surface area contributed by atoms with Crippen LogP contribution in [0.1, 0.15) is 12.0 Å². The van der Waals surface area contributed by atoms with Crippen molar-refractivity contribution in [3.05, 3.63) is 23.8 Å². The van der Waals surface area contributed by atoms with Gasteiger partial charge in [-0.3, -0.25) is 5.84 Å². The molecule has 13 heavy (non-hydrogen) atoms. The predicted molar refractivity (Wildman–Crippen MR) is 55.8 cm³/mol. The molecule has 0 aliphatic carbocycles. The molecule has 1 heterocycles. The molecular formula is C10H15N3. The number of nitrogens with zero attached hydrogens (tertiary/aromatic N) is 1. The van der Waals surface area contributed by atoms with Crippen molar-refractivity contribution < 1.29 is 0 Å². The lowest BCUT2D eigenvalue weighted by Crippen LogP contribution is -2.26. The van der Waals surface area contributed by atoms with Crippen LogP contribution in [0.3, 0.4) is 0 Å². The number of nitrogens with two attached hydrogens (primary N) is 1. The molecule has 1 aliphatic heterocycles. The van der Waals surface area contributed by atoms with Crippen LogP contribution >= 0.6 is 0 Å². The van der Waals surface area contributed by atoms with E-state index in [0.29, 0.717) is 0 Å². The summed E-state index contributed by atoms with van der Waals surface area (Å²) in [5.41, 5.74) is 6.42. The highest BCUT2D eigenvalue weighted by molar-refractivity contribution is 5.74. The van der Waals surface area contributed by atoms with Gasteiger partial charge in [0.2, 0.25) is 0 Å². The summed E-state index contributed by atoms with van der Waals surface area (Å²) in [6.45, 7) is 1.12. The van der Waals surface area contributed by atoms with Gasteiger partial charge in [0.15, 0.2) is 0 Å². The summed E-state index contributed by atoms with van der Waals surface area (Å²) in [4.78, 5) is 2.26. The van der Waals surface area contributed by atoms with E-state index < -0.39 is 0 Å². The quantitative estimate of drug-likeness (QED) is 0.502. The van der Waals surface area contributed by atoms with Gasteiger partial charge in [0.25, 0.3) is 0 Å². The third-order valence-electron chi connectivity index (χ3n) is 2.60. The monoisotopic (exact) mass is 177 g/mol. The van der Waals surface area contributed by atoms with E-state index in [1.54, 1.807) is 0 Å². The molecular weight excluding hydrogens is 162 g/mol. The highest BCUT2D eigenvalue weighted by Crippen LogP contribution is 2.32. The molecule has 0 saturated heterocycles. The first kappa shape index (κ1) is 8.38. The second-order valence-electron chi connectivity index (χ2n) is 3.48. The molecule has 0 unspecified atom stereocenters. The Bertz CT molecular complexity index is 295. The van der Waals surface area contributed by atoms with Crippen LogP contribution in [0.5, 0.6) is 0 Å². The third-order valence-corrected chi connectivity index (χ3v) is 2.60. The number of hydrazine groups is 1. The Kier molecular flexibility index (Phi) is 2.10. The van der Waals surface area contributed by atoms with Gasteiger partial charge < -0.3 is 10.3 Å². The van der Waals surface area contributed by atoms with Gasteiger partial charge in [-0.15, -0.1) is 0 Å². The van der Waals surface area contributed by atoms with Crippen molar-refractivity contribution >= 4 is 11.4 Å². The van der Waals surface area contributed by atoms with Gasteiger partial charge in [0, 0.05) is 13.6 Å². The lowest BCUT2D eigenvalue weighted by Gasteiger charge is -2.29. The van der Waals surface area contributed by atoms with E-state index in [2.05, 4.69) is 23.4 Å². The highest BCUT2D eigenvalue weighted by atomic mass is 15.2. The summed E-state index contributed by atoms with van der Waals surface area (Å²) < 4.78 is 0. The van der Waals surface area contributed by atoms with E-state index in [-0.39, 0.29) is 0 Å². The van der Waals surface area contributed by atoms with Gasteiger partial charge in [-0.1, -0.05) is 12.1 Å². The molecule has 0 fully saturated rings. The van der Waals surface area contributed by atoms with E-state index in [0.717, 1.165) is 18.7 Å². The number of nitrogens with one attached hydrogen (secondary N) is 1. The molecule has 0 aromatic heterocycles. The van der Waals surface area contributed by atoms with E-state index in [1.165, 1.54) is 17.7 Å². The van der Waals surface area contributed by atoms with Crippen molar-refractivity contribution in [3.8, 4) is 0 Å². The zero-order chi connectivity index (χ0) is 9.26. The van der Waals surface area contributed by atoms with Gasteiger partial charge in [-0.2, -0.15) is 0 Å². The Morgan fingerprint density at radius 3 is 3.08 bits per heavy atom. The number of anilines is 2. The summed E-state index contributed by atoms with van der Waals surface area (Å²) in [6, 6.07) is 6.24. The number of hydrogen-bond donors (Lipinski definition) is 2. The first-order valence-corrected chi connectivity index (χ1v) is 4.62. The Morgan fingerprint density at radius 1 is 1.46 bits per heavy atom. The van der Waals surface area contributed by atoms with Crippen molar-refractivity contribution in [2.45, 2.75) is 12.8 Å². The Balaban J connectivity index is 2.50. The zero-order valence-electron chi connectivity index (χ0n) is 7.88. The molecule has 1 aliphatic rings. The topological polar surface area (TPSA) is 41.3 Å². The van der Waals surface area contributed by atoms with Crippen molar-refractivity contribution in [1.82, 2.24) is 0 Å². The second kappa shape index (κ2) is 3.26. The second-order valence-corrected chi connectivity index (χ2v) is 3.48. The molecule has 0 saturated carbocycles. The molecule has 2 rings (SSSR count). The van der Waals surface area contributed by atoms with Crippen molar-refractivity contribution in [3.63, 3.8) is 0 Å². The highest BCUT2D eigenvalue weighted by Gasteiger charge is 2.16. The van der Waals surface area contributed by atoms with Gasteiger partial charge in [0.05, 0.1) is 11.4 Å². The minimum Gasteiger partial charge on any atom is -0.373 e. The maximum Gasteiger partial charge on any atom is 0.0722 e. The largest absolute Gasteiger partial charge is 0.373 e. The number of hydrogen-bond acceptors (Lipinski definition) is 3. The number of nitrogen functional groups attached to an aromatic ring is 1. The fourth-order valence-corrected chi connectivity index (χ4v) is 1.98. The summed E-state index contributed by atoms with van der Waals surface area (Å²) in [5.74, 6) is 5.46. The normalized spacial score (nSPS) is 15.4. The molecule has 0 radical (unpaired) electrons.